The Morgan fingerprint density at radius 1 is 1.04 bits per heavy atom. The average molecular weight is 404 g/mol. The Morgan fingerprint density at radius 2 is 1.84 bits per heavy atom. The first kappa shape index (κ1) is 17.0. The Bertz CT molecular complexity index is 838. The summed E-state index contributed by atoms with van der Waals surface area (Å²) in [6, 6.07) is 12.2. The second-order valence-corrected chi connectivity index (χ2v) is 5.98. The van der Waals surface area contributed by atoms with Crippen molar-refractivity contribution in [2.24, 2.45) is 5.10 Å². The zero-order chi connectivity index (χ0) is 17.6. The second kappa shape index (κ2) is 7.80. The van der Waals surface area contributed by atoms with Crippen molar-refractivity contribution in [3.05, 3.63) is 52.5 Å². The number of anilines is 1. The molecule has 2 N–H and O–H groups in total. The van der Waals surface area contributed by atoms with E-state index in [0.29, 0.717) is 36.0 Å². The van der Waals surface area contributed by atoms with Crippen molar-refractivity contribution in [1.82, 2.24) is 5.43 Å². The number of nitrogens with one attached hydrogen (secondary N) is 2. The van der Waals surface area contributed by atoms with Gasteiger partial charge in [-0.3, -0.25) is 9.59 Å². The summed E-state index contributed by atoms with van der Waals surface area (Å²) >= 11 is 3.29. The number of hydrazone groups is 1. The monoisotopic (exact) mass is 403 g/mol. The van der Waals surface area contributed by atoms with Crippen LogP contribution in [0.4, 0.5) is 5.69 Å². The molecule has 1 aliphatic heterocycles. The Hall–Kier alpha value is -2.87. The molecule has 7 nitrogen and oxygen atoms in total. The van der Waals surface area contributed by atoms with Crippen LogP contribution in [-0.2, 0) is 9.59 Å². The van der Waals surface area contributed by atoms with Crippen molar-refractivity contribution in [2.45, 2.75) is 0 Å². The SMILES string of the molecule is O=C(N/N=C\c1ccc2c(c1)OCCO2)C(=O)Nc1cccc(Br)c1. The van der Waals surface area contributed by atoms with Crippen molar-refractivity contribution in [3.8, 4) is 11.5 Å². The molecular weight excluding hydrogens is 390 g/mol. The number of benzene rings is 2. The smallest absolute Gasteiger partial charge is 0.329 e. The number of rotatable bonds is 3. The Balaban J connectivity index is 1.56. The Morgan fingerprint density at radius 3 is 2.64 bits per heavy atom. The van der Waals surface area contributed by atoms with Crippen LogP contribution in [0.5, 0.6) is 11.5 Å². The number of hydrogen-bond donors (Lipinski definition) is 2. The molecule has 1 heterocycles. The quantitative estimate of drug-likeness (QED) is 0.467. The lowest BCUT2D eigenvalue weighted by atomic mass is 10.2. The number of carbonyl (C=O) groups excluding carboxylic acids is 2. The van der Waals surface area contributed by atoms with Crippen LogP contribution in [0.1, 0.15) is 5.56 Å². The second-order valence-electron chi connectivity index (χ2n) is 5.07. The molecule has 0 unspecified atom stereocenters. The van der Waals surface area contributed by atoms with Crippen LogP contribution in [0.15, 0.2) is 52.0 Å². The highest BCUT2D eigenvalue weighted by Crippen LogP contribution is 2.30. The van der Waals surface area contributed by atoms with Crippen LogP contribution in [0.25, 0.3) is 0 Å². The predicted octanol–water partition coefficient (Wildman–Crippen LogP) is 2.31. The van der Waals surface area contributed by atoms with Crippen LogP contribution >= 0.6 is 15.9 Å². The maximum absolute atomic E-state index is 11.8. The molecule has 8 heteroatoms. The summed E-state index contributed by atoms with van der Waals surface area (Å²) in [4.78, 5) is 23.6. The molecule has 1 aliphatic rings. The fourth-order valence-electron chi connectivity index (χ4n) is 2.11. The van der Waals surface area contributed by atoms with Crippen molar-refractivity contribution in [2.75, 3.05) is 18.5 Å². The van der Waals surface area contributed by atoms with Crippen LogP contribution in [0.3, 0.4) is 0 Å². The lowest BCUT2D eigenvalue weighted by Crippen LogP contribution is -2.32. The normalized spacial score (nSPS) is 12.7. The van der Waals surface area contributed by atoms with Gasteiger partial charge in [-0.25, -0.2) is 5.43 Å². The van der Waals surface area contributed by atoms with Gasteiger partial charge in [0, 0.05) is 10.2 Å². The molecule has 0 bridgehead atoms. The third-order valence-corrected chi connectivity index (χ3v) is 3.73. The number of nitrogens with zero attached hydrogens (tertiary/aromatic N) is 1. The van der Waals surface area contributed by atoms with Crippen LogP contribution in [-0.4, -0.2) is 31.2 Å². The van der Waals surface area contributed by atoms with Gasteiger partial charge in [0.2, 0.25) is 0 Å². The van der Waals surface area contributed by atoms with Crippen molar-refractivity contribution >= 4 is 39.6 Å². The van der Waals surface area contributed by atoms with Gasteiger partial charge in [0.1, 0.15) is 13.2 Å². The number of amides is 2. The van der Waals surface area contributed by atoms with Crippen molar-refractivity contribution in [3.63, 3.8) is 0 Å². The van der Waals surface area contributed by atoms with E-state index < -0.39 is 11.8 Å². The van der Waals surface area contributed by atoms with E-state index in [1.54, 1.807) is 36.4 Å². The highest BCUT2D eigenvalue weighted by atomic mass is 79.9. The Labute approximate surface area is 152 Å². The minimum Gasteiger partial charge on any atom is -0.486 e. The average Bonchev–Trinajstić information content (AvgIpc) is 2.61. The molecule has 0 aromatic heterocycles. The summed E-state index contributed by atoms with van der Waals surface area (Å²) in [7, 11) is 0. The minimum atomic E-state index is -0.867. The first-order chi connectivity index (χ1) is 12.1. The first-order valence-corrected chi connectivity index (χ1v) is 8.21. The van der Waals surface area contributed by atoms with E-state index in [-0.39, 0.29) is 0 Å². The van der Waals surface area contributed by atoms with E-state index in [4.69, 9.17) is 9.47 Å². The van der Waals surface area contributed by atoms with Gasteiger partial charge in [-0.15, -0.1) is 0 Å². The first-order valence-electron chi connectivity index (χ1n) is 7.41. The third kappa shape index (κ3) is 4.57. The number of hydrogen-bond acceptors (Lipinski definition) is 5. The van der Waals surface area contributed by atoms with E-state index in [0.717, 1.165) is 4.47 Å². The lowest BCUT2D eigenvalue weighted by molar-refractivity contribution is -0.136. The fraction of sp³-hybridized carbons (Fsp3) is 0.118. The van der Waals surface area contributed by atoms with Gasteiger partial charge in [-0.1, -0.05) is 22.0 Å². The van der Waals surface area contributed by atoms with Gasteiger partial charge in [-0.05, 0) is 42.0 Å². The predicted molar refractivity (Wildman–Crippen MR) is 95.9 cm³/mol. The van der Waals surface area contributed by atoms with Gasteiger partial charge in [0.15, 0.2) is 11.5 Å². The molecule has 0 radical (unpaired) electrons. The zero-order valence-electron chi connectivity index (χ0n) is 13.0. The molecule has 2 aromatic carbocycles. The van der Waals surface area contributed by atoms with Gasteiger partial charge in [0.05, 0.1) is 6.21 Å². The number of ether oxygens (including phenoxy) is 2. The van der Waals surface area contributed by atoms with Gasteiger partial charge in [-0.2, -0.15) is 5.10 Å². The van der Waals surface area contributed by atoms with Crippen molar-refractivity contribution < 1.29 is 19.1 Å². The molecule has 0 fully saturated rings. The maximum Gasteiger partial charge on any atom is 0.329 e. The molecule has 128 valence electrons. The van der Waals surface area contributed by atoms with E-state index in [1.165, 1.54) is 6.21 Å². The number of halogens is 1. The molecule has 0 atom stereocenters. The molecule has 0 saturated heterocycles. The summed E-state index contributed by atoms with van der Waals surface area (Å²) < 4.78 is 11.7. The van der Waals surface area contributed by atoms with E-state index in [1.807, 2.05) is 6.07 Å². The lowest BCUT2D eigenvalue weighted by Gasteiger charge is -2.18. The molecule has 0 spiro atoms. The van der Waals surface area contributed by atoms with E-state index in [2.05, 4.69) is 31.8 Å². The van der Waals surface area contributed by atoms with Crippen molar-refractivity contribution in [1.29, 1.82) is 0 Å². The summed E-state index contributed by atoms with van der Waals surface area (Å²) in [5.41, 5.74) is 3.39. The number of fused-ring (bicyclic) bond motifs is 1. The van der Waals surface area contributed by atoms with E-state index >= 15 is 0 Å². The molecular formula is C17H14BrN3O4. The molecule has 0 saturated carbocycles. The third-order valence-electron chi connectivity index (χ3n) is 3.23. The summed E-state index contributed by atoms with van der Waals surface area (Å²) in [6.07, 6.45) is 1.42. The molecule has 3 rings (SSSR count). The molecule has 25 heavy (non-hydrogen) atoms. The van der Waals surface area contributed by atoms with E-state index in [9.17, 15) is 9.59 Å². The molecule has 2 aromatic rings. The summed E-state index contributed by atoms with van der Waals surface area (Å²) in [5, 5.41) is 6.26. The maximum atomic E-state index is 11.8. The molecule has 0 aliphatic carbocycles. The standard InChI is InChI=1S/C17H14BrN3O4/c18-12-2-1-3-13(9-12)20-16(22)17(23)21-19-10-11-4-5-14-15(8-11)25-7-6-24-14/h1-5,8-10H,6-7H2,(H,20,22)(H,21,23)/b19-10-. The summed E-state index contributed by atoms with van der Waals surface area (Å²) in [6.45, 7) is 1.00. The van der Waals surface area contributed by atoms with Crippen LogP contribution in [0.2, 0.25) is 0 Å². The van der Waals surface area contributed by atoms with Gasteiger partial charge in [0.25, 0.3) is 0 Å². The highest BCUT2D eigenvalue weighted by Gasteiger charge is 2.13. The number of carbonyl (C=O) groups is 2. The highest BCUT2D eigenvalue weighted by molar-refractivity contribution is 9.10. The Kier molecular flexibility index (Phi) is 5.30. The fourth-order valence-corrected chi connectivity index (χ4v) is 2.51. The van der Waals surface area contributed by atoms with Crippen LogP contribution in [0, 0.1) is 0 Å². The largest absolute Gasteiger partial charge is 0.486 e. The van der Waals surface area contributed by atoms with Gasteiger partial charge < -0.3 is 14.8 Å². The topological polar surface area (TPSA) is 89.0 Å². The summed E-state index contributed by atoms with van der Waals surface area (Å²) in [5.74, 6) is -0.388. The minimum absolute atomic E-state index is 0.486. The van der Waals surface area contributed by atoms with Gasteiger partial charge >= 0.3 is 11.8 Å². The molecule has 2 amide bonds. The van der Waals surface area contributed by atoms with Crippen LogP contribution < -0.4 is 20.2 Å². The zero-order valence-corrected chi connectivity index (χ0v) is 14.6.